The highest BCUT2D eigenvalue weighted by Crippen LogP contribution is 2.23. The van der Waals surface area contributed by atoms with Gasteiger partial charge in [0.15, 0.2) is 5.69 Å². The van der Waals surface area contributed by atoms with Crippen molar-refractivity contribution in [3.63, 3.8) is 0 Å². The third-order valence-corrected chi connectivity index (χ3v) is 3.96. The summed E-state index contributed by atoms with van der Waals surface area (Å²) in [5, 5.41) is 19.7. The van der Waals surface area contributed by atoms with Gasteiger partial charge < -0.3 is 15.2 Å². The summed E-state index contributed by atoms with van der Waals surface area (Å²) in [4.78, 5) is 23.5. The molecule has 8 heteroatoms. The van der Waals surface area contributed by atoms with Crippen molar-refractivity contribution in [2.75, 3.05) is 13.2 Å². The van der Waals surface area contributed by atoms with E-state index in [9.17, 15) is 9.59 Å². The lowest BCUT2D eigenvalue weighted by atomic mass is 9.94. The van der Waals surface area contributed by atoms with Crippen molar-refractivity contribution >= 4 is 11.9 Å². The topological polar surface area (TPSA) is 106 Å². The second kappa shape index (κ2) is 6.40. The molecule has 1 atom stereocenters. The number of hydrogen-bond acceptors (Lipinski definition) is 5. The van der Waals surface area contributed by atoms with Crippen molar-refractivity contribution in [3.8, 4) is 5.69 Å². The Morgan fingerprint density at radius 1 is 1.46 bits per heavy atom. The van der Waals surface area contributed by atoms with Crippen LogP contribution in [0.1, 0.15) is 28.9 Å². The molecule has 1 saturated heterocycles. The Morgan fingerprint density at radius 3 is 2.96 bits per heavy atom. The van der Waals surface area contributed by atoms with Crippen LogP contribution in [0.4, 0.5) is 0 Å². The number of carboxylic acid groups (broad SMARTS) is 1. The second-order valence-electron chi connectivity index (χ2n) is 5.99. The number of carboxylic acids is 1. The number of hydrogen-bond donors (Lipinski definition) is 2. The van der Waals surface area contributed by atoms with Crippen molar-refractivity contribution in [3.05, 3.63) is 41.7 Å². The molecule has 2 heterocycles. The first-order valence-electron chi connectivity index (χ1n) is 7.59. The van der Waals surface area contributed by atoms with Crippen LogP contribution in [-0.4, -0.2) is 50.7 Å². The quantitative estimate of drug-likeness (QED) is 0.845. The monoisotopic (exact) mass is 330 g/mol. The Hall–Kier alpha value is -2.74. The molecule has 2 aromatic rings. The summed E-state index contributed by atoms with van der Waals surface area (Å²) < 4.78 is 6.78. The van der Waals surface area contributed by atoms with Crippen LogP contribution in [0.2, 0.25) is 0 Å². The summed E-state index contributed by atoms with van der Waals surface area (Å²) in [6, 6.07) is 7.64. The predicted octanol–water partition coefficient (Wildman–Crippen LogP) is 0.939. The van der Waals surface area contributed by atoms with Gasteiger partial charge in [-0.3, -0.25) is 9.59 Å². The lowest BCUT2D eigenvalue weighted by Gasteiger charge is -2.26. The predicted molar refractivity (Wildman–Crippen MR) is 84.0 cm³/mol. The summed E-state index contributed by atoms with van der Waals surface area (Å²) in [5.41, 5.74) is 1.10. The van der Waals surface area contributed by atoms with Gasteiger partial charge in [-0.2, -0.15) is 0 Å². The third-order valence-electron chi connectivity index (χ3n) is 3.96. The molecule has 1 aromatic carbocycles. The maximum atomic E-state index is 12.4. The van der Waals surface area contributed by atoms with Gasteiger partial charge in [0, 0.05) is 6.61 Å². The number of rotatable bonds is 5. The Balaban J connectivity index is 1.77. The number of nitrogens with one attached hydrogen (secondary N) is 1. The highest BCUT2D eigenvalue weighted by molar-refractivity contribution is 5.93. The molecule has 126 valence electrons. The van der Waals surface area contributed by atoms with Crippen molar-refractivity contribution in [2.24, 2.45) is 0 Å². The Bertz CT molecular complexity index is 765. The molecule has 8 nitrogen and oxygen atoms in total. The van der Waals surface area contributed by atoms with Crippen LogP contribution in [0.25, 0.3) is 5.69 Å². The van der Waals surface area contributed by atoms with E-state index in [1.165, 1.54) is 10.9 Å². The average molecular weight is 330 g/mol. The second-order valence-corrected chi connectivity index (χ2v) is 5.99. The van der Waals surface area contributed by atoms with E-state index in [2.05, 4.69) is 15.6 Å². The van der Waals surface area contributed by atoms with Crippen LogP contribution < -0.4 is 5.32 Å². The number of aryl methyl sites for hydroxylation is 1. The molecular formula is C16H18N4O4. The first kappa shape index (κ1) is 16.1. The zero-order valence-corrected chi connectivity index (χ0v) is 13.2. The summed E-state index contributed by atoms with van der Waals surface area (Å²) in [5.74, 6) is -1.44. The van der Waals surface area contributed by atoms with Crippen molar-refractivity contribution in [1.29, 1.82) is 0 Å². The van der Waals surface area contributed by atoms with E-state index in [4.69, 9.17) is 9.84 Å². The van der Waals surface area contributed by atoms with Gasteiger partial charge in [0.2, 0.25) is 0 Å². The molecule has 0 radical (unpaired) electrons. The summed E-state index contributed by atoms with van der Waals surface area (Å²) in [6.07, 6.45) is 1.79. The molecule has 2 N–H and O–H groups in total. The lowest BCUT2D eigenvalue weighted by molar-refractivity contribution is -0.138. The number of amides is 1. The number of nitrogens with zero attached hydrogens (tertiary/aromatic N) is 3. The molecule has 3 rings (SSSR count). The molecule has 0 saturated carbocycles. The molecule has 1 aliphatic rings. The van der Waals surface area contributed by atoms with Crippen LogP contribution in [0.3, 0.4) is 0 Å². The fourth-order valence-corrected chi connectivity index (χ4v) is 2.75. The summed E-state index contributed by atoms with van der Waals surface area (Å²) in [6.45, 7) is 2.56. The van der Waals surface area contributed by atoms with Crippen LogP contribution in [0.15, 0.2) is 30.5 Å². The van der Waals surface area contributed by atoms with Crippen LogP contribution in [0.5, 0.6) is 0 Å². The molecule has 1 amide bonds. The summed E-state index contributed by atoms with van der Waals surface area (Å²) in [7, 11) is 0. The summed E-state index contributed by atoms with van der Waals surface area (Å²) >= 11 is 0. The maximum Gasteiger partial charge on any atom is 0.305 e. The van der Waals surface area contributed by atoms with Crippen molar-refractivity contribution in [2.45, 2.75) is 25.3 Å². The van der Waals surface area contributed by atoms with E-state index in [1.807, 2.05) is 31.2 Å². The highest BCUT2D eigenvalue weighted by Gasteiger charge is 2.39. The fraction of sp³-hybridized carbons (Fsp3) is 0.375. The zero-order valence-electron chi connectivity index (χ0n) is 13.2. The minimum atomic E-state index is -0.982. The van der Waals surface area contributed by atoms with Crippen molar-refractivity contribution in [1.82, 2.24) is 20.3 Å². The first-order valence-corrected chi connectivity index (χ1v) is 7.59. The van der Waals surface area contributed by atoms with Gasteiger partial charge in [-0.25, -0.2) is 4.68 Å². The van der Waals surface area contributed by atoms with E-state index in [1.54, 1.807) is 0 Å². The van der Waals surface area contributed by atoms with Crippen LogP contribution >= 0.6 is 0 Å². The highest BCUT2D eigenvalue weighted by atomic mass is 16.5. The largest absolute Gasteiger partial charge is 0.481 e. The molecule has 0 aliphatic carbocycles. The van der Waals surface area contributed by atoms with E-state index in [0.29, 0.717) is 13.0 Å². The van der Waals surface area contributed by atoms with Crippen molar-refractivity contribution < 1.29 is 19.4 Å². The standard InChI is InChI=1S/C16H18N4O4/c1-11-3-2-4-12(7-11)20-9-13(18-19-20)15(23)17-16(8-14(21)22)5-6-24-10-16/h2-4,7,9H,5-6,8,10H2,1H3,(H,17,23)(H,21,22). The van der Waals surface area contributed by atoms with E-state index >= 15 is 0 Å². The first-order chi connectivity index (χ1) is 11.5. The average Bonchev–Trinajstić information content (AvgIpc) is 3.16. The number of benzene rings is 1. The van der Waals surface area contributed by atoms with Gasteiger partial charge >= 0.3 is 5.97 Å². The number of aromatic nitrogens is 3. The number of aliphatic carboxylic acids is 1. The molecule has 1 aliphatic heterocycles. The Kier molecular flexibility index (Phi) is 4.30. The smallest absolute Gasteiger partial charge is 0.305 e. The maximum absolute atomic E-state index is 12.4. The normalized spacial score (nSPS) is 20.0. The molecule has 0 spiro atoms. The molecule has 0 bridgehead atoms. The van der Waals surface area contributed by atoms with E-state index in [0.717, 1.165) is 11.3 Å². The number of carbonyl (C=O) groups excluding carboxylic acids is 1. The minimum Gasteiger partial charge on any atom is -0.481 e. The SMILES string of the molecule is Cc1cccc(-n2cc(C(=O)NC3(CC(=O)O)CCOC3)nn2)c1. The molecule has 1 fully saturated rings. The molecule has 24 heavy (non-hydrogen) atoms. The fourth-order valence-electron chi connectivity index (χ4n) is 2.75. The van der Waals surface area contributed by atoms with Gasteiger partial charge in [-0.15, -0.1) is 5.10 Å². The molecule has 1 aromatic heterocycles. The van der Waals surface area contributed by atoms with Crippen LogP contribution in [0, 0.1) is 6.92 Å². The van der Waals surface area contributed by atoms with Gasteiger partial charge in [0.25, 0.3) is 5.91 Å². The lowest BCUT2D eigenvalue weighted by Crippen LogP contribution is -2.50. The van der Waals surface area contributed by atoms with Gasteiger partial charge in [-0.05, 0) is 31.0 Å². The van der Waals surface area contributed by atoms with Gasteiger partial charge in [0.05, 0.1) is 30.5 Å². The van der Waals surface area contributed by atoms with Gasteiger partial charge in [-0.1, -0.05) is 17.3 Å². The van der Waals surface area contributed by atoms with E-state index in [-0.39, 0.29) is 18.7 Å². The molecule has 1 unspecified atom stereocenters. The number of ether oxygens (including phenoxy) is 1. The van der Waals surface area contributed by atoms with Gasteiger partial charge in [0.1, 0.15) is 0 Å². The molecular weight excluding hydrogens is 312 g/mol. The Labute approximate surface area is 138 Å². The third kappa shape index (κ3) is 3.43. The zero-order chi connectivity index (χ0) is 17.2. The number of carbonyl (C=O) groups is 2. The van der Waals surface area contributed by atoms with Crippen LogP contribution in [-0.2, 0) is 9.53 Å². The minimum absolute atomic E-state index is 0.133. The Morgan fingerprint density at radius 2 is 2.29 bits per heavy atom. The van der Waals surface area contributed by atoms with E-state index < -0.39 is 17.4 Å².